The summed E-state index contributed by atoms with van der Waals surface area (Å²) >= 11 is 0. The highest BCUT2D eigenvalue weighted by Crippen LogP contribution is 2.05. The van der Waals surface area contributed by atoms with Gasteiger partial charge in [0.1, 0.15) is 0 Å². The van der Waals surface area contributed by atoms with Crippen LogP contribution in [0, 0.1) is 0 Å². The molecule has 0 amide bonds. The second-order valence-electron chi connectivity index (χ2n) is 4.23. The monoisotopic (exact) mass is 284 g/mol. The van der Waals surface area contributed by atoms with Gasteiger partial charge in [-0.2, -0.15) is 5.21 Å². The van der Waals surface area contributed by atoms with Gasteiger partial charge in [-0.05, 0) is 29.7 Å². The molecule has 3 rings (SSSR count). The summed E-state index contributed by atoms with van der Waals surface area (Å²) in [6, 6.07) is 7.05. The van der Waals surface area contributed by atoms with Crippen molar-refractivity contribution in [2.24, 2.45) is 4.99 Å². The zero-order valence-electron chi connectivity index (χ0n) is 10.8. The normalized spacial score (nSPS) is 11.9. The Labute approximate surface area is 118 Å². The first-order chi connectivity index (χ1) is 10.2. The van der Waals surface area contributed by atoms with Crippen molar-refractivity contribution in [1.29, 1.82) is 0 Å². The molecule has 0 aliphatic heterocycles. The van der Waals surface area contributed by atoms with E-state index in [0.29, 0.717) is 10.9 Å². The van der Waals surface area contributed by atoms with Crippen LogP contribution in [0.25, 0.3) is 10.9 Å². The number of nitrogens with one attached hydrogen (secondary N) is 1. The van der Waals surface area contributed by atoms with Crippen LogP contribution in [0.2, 0.25) is 0 Å². The molecule has 0 spiro atoms. The molecule has 9 heteroatoms. The Morgan fingerprint density at radius 1 is 1.38 bits per heavy atom. The first-order valence-corrected chi connectivity index (χ1v) is 6.16. The molecule has 106 valence electrons. The molecule has 9 nitrogen and oxygen atoms in total. The van der Waals surface area contributed by atoms with E-state index in [-0.39, 0.29) is 24.5 Å². The lowest BCUT2D eigenvalue weighted by Gasteiger charge is -2.10. The van der Waals surface area contributed by atoms with E-state index in [0.717, 1.165) is 0 Å². The fourth-order valence-corrected chi connectivity index (χ4v) is 1.85. The molecule has 1 N–H and O–H groups in total. The van der Waals surface area contributed by atoms with Crippen LogP contribution >= 0.6 is 0 Å². The summed E-state index contributed by atoms with van der Waals surface area (Å²) < 4.78 is 1.38. The van der Waals surface area contributed by atoms with Gasteiger partial charge < -0.3 is 5.11 Å². The van der Waals surface area contributed by atoms with E-state index in [2.05, 4.69) is 30.6 Å². The van der Waals surface area contributed by atoms with Gasteiger partial charge in [0, 0.05) is 6.54 Å². The van der Waals surface area contributed by atoms with Crippen molar-refractivity contribution >= 4 is 22.7 Å². The molecule has 1 aromatic carbocycles. The maximum atomic E-state index is 12.2. The molecule has 2 aromatic heterocycles. The van der Waals surface area contributed by atoms with Crippen molar-refractivity contribution in [1.82, 2.24) is 30.2 Å². The molecule has 0 fully saturated rings. The van der Waals surface area contributed by atoms with Crippen LogP contribution in [0.3, 0.4) is 0 Å². The van der Waals surface area contributed by atoms with Crippen molar-refractivity contribution < 1.29 is 5.11 Å². The quantitative estimate of drug-likeness (QED) is 0.503. The zero-order valence-corrected chi connectivity index (χ0v) is 10.8. The minimum Gasteiger partial charge on any atom is -0.862 e. The first-order valence-electron chi connectivity index (χ1n) is 6.16. The van der Waals surface area contributed by atoms with E-state index < -0.39 is 5.90 Å². The van der Waals surface area contributed by atoms with E-state index in [1.807, 2.05) is 6.07 Å². The first kappa shape index (κ1) is 12.9. The number of hydrogen-bond acceptors (Lipinski definition) is 7. The molecule has 0 atom stereocenters. The van der Waals surface area contributed by atoms with Gasteiger partial charge >= 0.3 is 0 Å². The maximum absolute atomic E-state index is 12.2. The Morgan fingerprint density at radius 3 is 3.05 bits per heavy atom. The number of para-hydroxylation sites is 1. The Kier molecular flexibility index (Phi) is 3.37. The van der Waals surface area contributed by atoms with Crippen LogP contribution in [0.1, 0.15) is 6.42 Å². The highest BCUT2D eigenvalue weighted by molar-refractivity contribution is 5.77. The number of rotatable bonds is 4. The minimum absolute atomic E-state index is 0.0241. The van der Waals surface area contributed by atoms with Crippen molar-refractivity contribution in [3.63, 3.8) is 0 Å². The second-order valence-corrected chi connectivity index (χ2v) is 4.23. The number of aromatic amines is 1. The Hall–Kier alpha value is -3.10. The van der Waals surface area contributed by atoms with E-state index in [1.54, 1.807) is 18.2 Å². The Balaban J connectivity index is 1.79. The maximum Gasteiger partial charge on any atom is 0.287 e. The van der Waals surface area contributed by atoms with Gasteiger partial charge in [-0.1, -0.05) is 17.2 Å². The number of aliphatic imine (C=N–C) groups is 1. The number of aryl methyl sites for hydroxylation is 1. The standard InChI is InChI=1S/C12H11N7O2/c20-10(14-12-15-17-18-16-12)5-6-19-7-13-9-4-2-1-3-8(9)11(19)21/h1-4,7H,5-6H2,(H2,14,15,16,17,18,20)/p-1. The van der Waals surface area contributed by atoms with E-state index in [9.17, 15) is 9.90 Å². The third-order valence-electron chi connectivity index (χ3n) is 2.86. The van der Waals surface area contributed by atoms with Crippen LogP contribution in [0.4, 0.5) is 5.95 Å². The molecule has 2 heterocycles. The van der Waals surface area contributed by atoms with Crippen LogP contribution in [0.15, 0.2) is 40.4 Å². The van der Waals surface area contributed by atoms with Gasteiger partial charge in [0.2, 0.25) is 0 Å². The molecule has 0 bridgehead atoms. The minimum atomic E-state index is -0.434. The number of tetrazole rings is 1. The third-order valence-corrected chi connectivity index (χ3v) is 2.86. The van der Waals surface area contributed by atoms with Gasteiger partial charge in [-0.3, -0.25) is 9.36 Å². The molecule has 0 saturated carbocycles. The van der Waals surface area contributed by atoms with Gasteiger partial charge in [-0.25, -0.2) is 9.98 Å². The summed E-state index contributed by atoms with van der Waals surface area (Å²) in [7, 11) is 0. The van der Waals surface area contributed by atoms with Crippen LogP contribution in [0.5, 0.6) is 0 Å². The van der Waals surface area contributed by atoms with Crippen LogP contribution < -0.4 is 10.7 Å². The number of nitrogens with zero attached hydrogens (tertiary/aromatic N) is 6. The molecule has 0 saturated heterocycles. The summed E-state index contributed by atoms with van der Waals surface area (Å²) in [4.78, 5) is 20.0. The van der Waals surface area contributed by atoms with Crippen molar-refractivity contribution in [3.05, 3.63) is 40.9 Å². The van der Waals surface area contributed by atoms with E-state index >= 15 is 0 Å². The van der Waals surface area contributed by atoms with Crippen LogP contribution in [-0.2, 0) is 6.54 Å². The number of benzene rings is 1. The van der Waals surface area contributed by atoms with Crippen molar-refractivity contribution in [2.75, 3.05) is 0 Å². The predicted molar refractivity (Wildman–Crippen MR) is 71.9 cm³/mol. The fourth-order valence-electron chi connectivity index (χ4n) is 1.85. The predicted octanol–water partition coefficient (Wildman–Crippen LogP) is -0.610. The average molecular weight is 284 g/mol. The van der Waals surface area contributed by atoms with Crippen LogP contribution in [-0.4, -0.2) is 36.1 Å². The number of H-pyrrole nitrogens is 1. The lowest BCUT2D eigenvalue weighted by Crippen LogP contribution is -2.25. The third kappa shape index (κ3) is 2.76. The molecule has 3 aromatic rings. The van der Waals surface area contributed by atoms with Gasteiger partial charge in [0.15, 0.2) is 0 Å². The fraction of sp³-hybridized carbons (Fsp3) is 0.167. The molecule has 0 aliphatic rings. The largest absolute Gasteiger partial charge is 0.862 e. The molecule has 0 unspecified atom stereocenters. The Morgan fingerprint density at radius 2 is 2.24 bits per heavy atom. The topological polar surface area (TPSA) is 125 Å². The number of aromatic nitrogens is 6. The molecule has 0 radical (unpaired) electrons. The smallest absolute Gasteiger partial charge is 0.287 e. The van der Waals surface area contributed by atoms with Crippen molar-refractivity contribution in [2.45, 2.75) is 13.0 Å². The number of fused-ring (bicyclic) bond motifs is 1. The molecule has 21 heavy (non-hydrogen) atoms. The highest BCUT2D eigenvalue weighted by Gasteiger charge is 2.03. The summed E-state index contributed by atoms with van der Waals surface area (Å²) in [5.41, 5.74) is 0.439. The van der Waals surface area contributed by atoms with E-state index in [1.165, 1.54) is 10.9 Å². The second kappa shape index (κ2) is 5.49. The summed E-state index contributed by atoms with van der Waals surface area (Å²) in [5.74, 6) is -0.458. The highest BCUT2D eigenvalue weighted by atomic mass is 16.3. The lowest BCUT2D eigenvalue weighted by molar-refractivity contribution is -0.218. The van der Waals surface area contributed by atoms with Gasteiger partial charge in [-0.15, -0.1) is 5.10 Å². The lowest BCUT2D eigenvalue weighted by atomic mass is 10.2. The van der Waals surface area contributed by atoms with Crippen molar-refractivity contribution in [3.8, 4) is 0 Å². The summed E-state index contributed by atoms with van der Waals surface area (Å²) in [5, 5.41) is 24.7. The molecular formula is C12H10N7O2-. The zero-order chi connectivity index (χ0) is 14.7. The summed E-state index contributed by atoms with van der Waals surface area (Å²) in [6.07, 6.45) is 1.47. The molecular weight excluding hydrogens is 274 g/mol. The van der Waals surface area contributed by atoms with Gasteiger partial charge in [0.25, 0.3) is 11.5 Å². The SMILES string of the molecule is O=c1c2ccccc2ncn1CCC([O-])=Nc1nn[nH]n1. The average Bonchev–Trinajstić information content (AvgIpc) is 3.00. The molecule has 0 aliphatic carbocycles. The van der Waals surface area contributed by atoms with Gasteiger partial charge in [0.05, 0.1) is 17.2 Å². The number of hydrogen-bond donors (Lipinski definition) is 1. The van der Waals surface area contributed by atoms with E-state index in [4.69, 9.17) is 0 Å². The summed E-state index contributed by atoms with van der Waals surface area (Å²) in [6.45, 7) is 0.191. The Bertz CT molecular complexity index is 838.